The third-order valence-corrected chi connectivity index (χ3v) is 3.49. The van der Waals surface area contributed by atoms with Gasteiger partial charge in [0.25, 0.3) is 0 Å². The average Bonchev–Trinajstić information content (AvgIpc) is 2.97. The van der Waals surface area contributed by atoms with E-state index in [1.165, 1.54) is 11.1 Å². The van der Waals surface area contributed by atoms with Crippen molar-refractivity contribution in [2.45, 2.75) is 40.3 Å². The van der Waals surface area contributed by atoms with Gasteiger partial charge in [0.15, 0.2) is 11.8 Å². The van der Waals surface area contributed by atoms with E-state index in [2.05, 4.69) is 63.5 Å². The Morgan fingerprint density at radius 2 is 1.91 bits per heavy atom. The number of nitrogens with one attached hydrogen (secondary N) is 1. The third-order valence-electron chi connectivity index (χ3n) is 3.49. The molecule has 0 amide bonds. The lowest BCUT2D eigenvalue weighted by atomic mass is 10.1. The van der Waals surface area contributed by atoms with E-state index in [9.17, 15) is 0 Å². The molecule has 0 radical (unpaired) electrons. The first-order valence-electron chi connectivity index (χ1n) is 7.98. The predicted octanol–water partition coefficient (Wildman–Crippen LogP) is 2.54. The maximum Gasteiger partial charge on any atom is 0.223 e. The van der Waals surface area contributed by atoms with Crippen LogP contribution in [0.15, 0.2) is 33.8 Å². The largest absolute Gasteiger partial charge is 0.357 e. The highest BCUT2D eigenvalue weighted by molar-refractivity contribution is 5.79. The van der Waals surface area contributed by atoms with Gasteiger partial charge in [0.05, 0.1) is 0 Å². The Balaban J connectivity index is 2.02. The van der Waals surface area contributed by atoms with Crippen LogP contribution in [0.25, 0.3) is 0 Å². The summed E-state index contributed by atoms with van der Waals surface area (Å²) in [7, 11) is 2.02. The van der Waals surface area contributed by atoms with Gasteiger partial charge in [-0.25, -0.2) is 4.99 Å². The van der Waals surface area contributed by atoms with Crippen molar-refractivity contribution in [3.05, 3.63) is 47.1 Å². The molecule has 1 heterocycles. The summed E-state index contributed by atoms with van der Waals surface area (Å²) in [5.74, 6) is 1.98. The molecule has 23 heavy (non-hydrogen) atoms. The number of guanidine groups is 1. The number of aryl methyl sites for hydroxylation is 2. The summed E-state index contributed by atoms with van der Waals surface area (Å²) in [4.78, 5) is 10.8. The monoisotopic (exact) mass is 315 g/mol. The van der Waals surface area contributed by atoms with Crippen LogP contribution in [-0.2, 0) is 19.5 Å². The average molecular weight is 315 g/mol. The van der Waals surface area contributed by atoms with Crippen LogP contribution in [0, 0.1) is 6.92 Å². The number of aliphatic imine (C=N–C) groups is 1. The molecule has 6 nitrogen and oxygen atoms in total. The Kier molecular flexibility index (Phi) is 6.14. The Labute approximate surface area is 137 Å². The summed E-state index contributed by atoms with van der Waals surface area (Å²) in [5.41, 5.74) is 2.61. The molecule has 124 valence electrons. The summed E-state index contributed by atoms with van der Waals surface area (Å²) in [6.45, 7) is 8.00. The summed E-state index contributed by atoms with van der Waals surface area (Å²) >= 11 is 0. The molecule has 0 bridgehead atoms. The molecule has 0 saturated carbocycles. The molecule has 1 N–H and O–H groups in total. The molecule has 0 atom stereocenters. The van der Waals surface area contributed by atoms with Gasteiger partial charge in [0, 0.05) is 27.1 Å². The van der Waals surface area contributed by atoms with Gasteiger partial charge in [0.2, 0.25) is 5.89 Å². The van der Waals surface area contributed by atoms with Crippen LogP contribution in [0.5, 0.6) is 0 Å². The van der Waals surface area contributed by atoms with Crippen LogP contribution in [0.4, 0.5) is 0 Å². The van der Waals surface area contributed by atoms with Gasteiger partial charge in [-0.2, -0.15) is 4.98 Å². The highest BCUT2D eigenvalue weighted by Gasteiger charge is 2.08. The Bertz CT molecular complexity index is 633. The van der Waals surface area contributed by atoms with E-state index in [4.69, 9.17) is 4.52 Å². The fraction of sp³-hybridized carbons (Fsp3) is 0.471. The summed E-state index contributed by atoms with van der Waals surface area (Å²) in [6, 6.07) is 8.69. The van der Waals surface area contributed by atoms with Crippen molar-refractivity contribution >= 4 is 5.96 Å². The van der Waals surface area contributed by atoms with Gasteiger partial charge in [-0.05, 0) is 24.5 Å². The Morgan fingerprint density at radius 3 is 2.48 bits per heavy atom. The maximum atomic E-state index is 4.97. The topological polar surface area (TPSA) is 66.5 Å². The molecule has 6 heteroatoms. The zero-order valence-corrected chi connectivity index (χ0v) is 14.3. The van der Waals surface area contributed by atoms with Crippen molar-refractivity contribution < 1.29 is 4.52 Å². The minimum atomic E-state index is 0.402. The number of aromatic nitrogens is 2. The Morgan fingerprint density at radius 1 is 1.22 bits per heavy atom. The molecule has 0 spiro atoms. The van der Waals surface area contributed by atoms with Gasteiger partial charge >= 0.3 is 0 Å². The molecule has 2 rings (SSSR count). The second-order valence-corrected chi connectivity index (χ2v) is 5.43. The summed E-state index contributed by atoms with van der Waals surface area (Å²) < 4.78 is 4.97. The SMILES string of the molecule is CCNC(=NCc1noc(C)n1)N(C)Cc1ccc(CC)cc1. The van der Waals surface area contributed by atoms with Crippen molar-refractivity contribution in [2.75, 3.05) is 13.6 Å². The minimum Gasteiger partial charge on any atom is -0.357 e. The zero-order chi connectivity index (χ0) is 16.7. The fourth-order valence-corrected chi connectivity index (χ4v) is 2.25. The second-order valence-electron chi connectivity index (χ2n) is 5.43. The van der Waals surface area contributed by atoms with Crippen LogP contribution >= 0.6 is 0 Å². The van der Waals surface area contributed by atoms with E-state index in [0.29, 0.717) is 18.3 Å². The molecule has 2 aromatic rings. The van der Waals surface area contributed by atoms with E-state index < -0.39 is 0 Å². The van der Waals surface area contributed by atoms with Gasteiger partial charge in [-0.15, -0.1) is 0 Å². The molecule has 0 saturated heterocycles. The third kappa shape index (κ3) is 5.09. The number of hydrogen-bond acceptors (Lipinski definition) is 4. The zero-order valence-electron chi connectivity index (χ0n) is 14.3. The van der Waals surface area contributed by atoms with Crippen LogP contribution < -0.4 is 5.32 Å². The van der Waals surface area contributed by atoms with E-state index in [1.54, 1.807) is 6.92 Å². The molecular weight excluding hydrogens is 290 g/mol. The van der Waals surface area contributed by atoms with E-state index in [0.717, 1.165) is 25.5 Å². The first-order valence-corrected chi connectivity index (χ1v) is 7.98. The quantitative estimate of drug-likeness (QED) is 0.655. The first-order chi connectivity index (χ1) is 11.1. The van der Waals surface area contributed by atoms with Crippen molar-refractivity contribution in [1.82, 2.24) is 20.4 Å². The van der Waals surface area contributed by atoms with Crippen LogP contribution in [0.3, 0.4) is 0 Å². The van der Waals surface area contributed by atoms with E-state index in [-0.39, 0.29) is 0 Å². The summed E-state index contributed by atoms with van der Waals surface area (Å²) in [5, 5.41) is 7.16. The molecule has 0 aliphatic heterocycles. The maximum absolute atomic E-state index is 4.97. The smallest absolute Gasteiger partial charge is 0.223 e. The number of benzene rings is 1. The molecule has 0 fully saturated rings. The van der Waals surface area contributed by atoms with E-state index in [1.807, 2.05) is 7.05 Å². The molecule has 1 aromatic heterocycles. The summed E-state index contributed by atoms with van der Waals surface area (Å²) in [6.07, 6.45) is 1.06. The van der Waals surface area contributed by atoms with Gasteiger partial charge in [-0.3, -0.25) is 0 Å². The van der Waals surface area contributed by atoms with Gasteiger partial charge in [-0.1, -0.05) is 36.3 Å². The van der Waals surface area contributed by atoms with Crippen molar-refractivity contribution in [3.63, 3.8) is 0 Å². The molecule has 0 aliphatic rings. The van der Waals surface area contributed by atoms with Crippen molar-refractivity contribution in [1.29, 1.82) is 0 Å². The van der Waals surface area contributed by atoms with Crippen molar-refractivity contribution in [3.8, 4) is 0 Å². The molecule has 0 unspecified atom stereocenters. The highest BCUT2D eigenvalue weighted by atomic mass is 16.5. The lowest BCUT2D eigenvalue weighted by Gasteiger charge is -2.22. The highest BCUT2D eigenvalue weighted by Crippen LogP contribution is 2.08. The van der Waals surface area contributed by atoms with Crippen molar-refractivity contribution in [2.24, 2.45) is 4.99 Å². The molecule has 0 aliphatic carbocycles. The number of hydrogen-bond donors (Lipinski definition) is 1. The van der Waals surface area contributed by atoms with Crippen LogP contribution in [-0.4, -0.2) is 34.6 Å². The molecular formula is C17H25N5O. The first kappa shape index (κ1) is 17.0. The second kappa shape index (κ2) is 8.31. The Hall–Kier alpha value is -2.37. The lowest BCUT2D eigenvalue weighted by molar-refractivity contribution is 0.387. The number of nitrogens with zero attached hydrogens (tertiary/aromatic N) is 4. The van der Waals surface area contributed by atoms with Gasteiger partial charge in [0.1, 0.15) is 6.54 Å². The van der Waals surface area contributed by atoms with Crippen LogP contribution in [0.1, 0.15) is 36.7 Å². The standard InChI is InChI=1S/C17H25N5O/c1-5-14-7-9-15(10-8-14)12-22(4)17(18-6-2)19-11-16-20-13(3)23-21-16/h7-10H,5-6,11-12H2,1-4H3,(H,18,19). The number of rotatable bonds is 6. The minimum absolute atomic E-state index is 0.402. The normalized spacial score (nSPS) is 11.6. The predicted molar refractivity (Wildman–Crippen MR) is 91.1 cm³/mol. The lowest BCUT2D eigenvalue weighted by Crippen LogP contribution is -2.38. The van der Waals surface area contributed by atoms with Crippen LogP contribution in [0.2, 0.25) is 0 Å². The molecule has 1 aromatic carbocycles. The fourth-order valence-electron chi connectivity index (χ4n) is 2.25. The van der Waals surface area contributed by atoms with E-state index >= 15 is 0 Å². The van der Waals surface area contributed by atoms with Gasteiger partial charge < -0.3 is 14.7 Å².